The SMILES string of the molecule is CCCn1cc(CCCO)c2cc(CC)cc(C(=O)O)c21. The number of aliphatic hydroxyl groups excluding tert-OH is 1. The third kappa shape index (κ3) is 3.10. The van der Waals surface area contributed by atoms with Gasteiger partial charge in [-0.05, 0) is 48.9 Å². The van der Waals surface area contributed by atoms with E-state index >= 15 is 0 Å². The lowest BCUT2D eigenvalue weighted by Gasteiger charge is -2.08. The van der Waals surface area contributed by atoms with Gasteiger partial charge in [0.05, 0.1) is 11.1 Å². The molecule has 0 amide bonds. The van der Waals surface area contributed by atoms with Gasteiger partial charge in [-0.25, -0.2) is 4.79 Å². The number of carbonyl (C=O) groups is 1. The van der Waals surface area contributed by atoms with Crippen molar-refractivity contribution >= 4 is 16.9 Å². The molecule has 0 fully saturated rings. The van der Waals surface area contributed by atoms with Crippen molar-refractivity contribution < 1.29 is 15.0 Å². The molecule has 0 atom stereocenters. The summed E-state index contributed by atoms with van der Waals surface area (Å²) in [4.78, 5) is 11.6. The standard InChI is InChI=1S/C17H23NO3/c1-3-7-18-11-13(6-5-8-19)14-9-12(4-2)10-15(16(14)18)17(20)21/h9-11,19H,3-8H2,1-2H3,(H,20,21). The van der Waals surface area contributed by atoms with Crippen molar-refractivity contribution in [1.82, 2.24) is 4.57 Å². The lowest BCUT2D eigenvalue weighted by Crippen LogP contribution is -2.04. The van der Waals surface area contributed by atoms with Gasteiger partial charge in [0.25, 0.3) is 0 Å². The first-order valence-corrected chi connectivity index (χ1v) is 7.61. The first-order chi connectivity index (χ1) is 10.1. The van der Waals surface area contributed by atoms with Gasteiger partial charge >= 0.3 is 5.97 Å². The highest BCUT2D eigenvalue weighted by molar-refractivity contribution is 6.03. The molecule has 4 nitrogen and oxygen atoms in total. The number of carboxylic acids is 1. The Morgan fingerprint density at radius 1 is 1.29 bits per heavy atom. The number of hydrogen-bond acceptors (Lipinski definition) is 2. The highest BCUT2D eigenvalue weighted by atomic mass is 16.4. The van der Waals surface area contributed by atoms with Gasteiger partial charge in [0.15, 0.2) is 0 Å². The molecule has 2 N–H and O–H groups in total. The summed E-state index contributed by atoms with van der Waals surface area (Å²) >= 11 is 0. The molecule has 0 radical (unpaired) electrons. The summed E-state index contributed by atoms with van der Waals surface area (Å²) in [5.74, 6) is -0.875. The summed E-state index contributed by atoms with van der Waals surface area (Å²) in [5, 5.41) is 19.6. The molecule has 114 valence electrons. The van der Waals surface area contributed by atoms with Crippen LogP contribution in [-0.4, -0.2) is 27.4 Å². The van der Waals surface area contributed by atoms with Crippen LogP contribution < -0.4 is 0 Å². The Kier molecular flexibility index (Phi) is 5.02. The van der Waals surface area contributed by atoms with Crippen molar-refractivity contribution in [1.29, 1.82) is 0 Å². The second kappa shape index (κ2) is 6.76. The summed E-state index contributed by atoms with van der Waals surface area (Å²) in [5.41, 5.74) is 3.37. The van der Waals surface area contributed by atoms with Crippen molar-refractivity contribution in [2.24, 2.45) is 0 Å². The van der Waals surface area contributed by atoms with Gasteiger partial charge in [-0.15, -0.1) is 0 Å². The molecule has 0 aliphatic carbocycles. The number of aromatic carboxylic acids is 1. The molecule has 1 aromatic heterocycles. The number of nitrogens with zero attached hydrogens (tertiary/aromatic N) is 1. The number of benzene rings is 1. The largest absolute Gasteiger partial charge is 0.478 e. The van der Waals surface area contributed by atoms with Crippen LogP contribution in [-0.2, 0) is 19.4 Å². The summed E-state index contributed by atoms with van der Waals surface area (Å²) in [6.07, 6.45) is 5.29. The van der Waals surface area contributed by atoms with Crippen LogP contribution in [0.1, 0.15) is 48.2 Å². The lowest BCUT2D eigenvalue weighted by atomic mass is 10.0. The Morgan fingerprint density at radius 2 is 2.05 bits per heavy atom. The maximum Gasteiger partial charge on any atom is 0.337 e. The van der Waals surface area contributed by atoms with Crippen LogP contribution in [0, 0.1) is 0 Å². The van der Waals surface area contributed by atoms with Gasteiger partial charge in [0.1, 0.15) is 0 Å². The highest BCUT2D eigenvalue weighted by Gasteiger charge is 2.17. The molecule has 1 aromatic carbocycles. The molecule has 0 saturated carbocycles. The van der Waals surface area contributed by atoms with Crippen molar-refractivity contribution in [3.63, 3.8) is 0 Å². The molecule has 0 saturated heterocycles. The normalized spacial score (nSPS) is 11.2. The van der Waals surface area contributed by atoms with Crippen LogP contribution in [0.4, 0.5) is 0 Å². The van der Waals surface area contributed by atoms with Crippen LogP contribution in [0.3, 0.4) is 0 Å². The van der Waals surface area contributed by atoms with E-state index in [0.717, 1.165) is 47.8 Å². The van der Waals surface area contributed by atoms with Crippen LogP contribution >= 0.6 is 0 Å². The van der Waals surface area contributed by atoms with Gasteiger partial charge in [0.2, 0.25) is 0 Å². The fourth-order valence-electron chi connectivity index (χ4n) is 2.82. The fraction of sp³-hybridized carbons (Fsp3) is 0.471. The molecule has 0 aliphatic heterocycles. The molecule has 0 aliphatic rings. The maximum absolute atomic E-state index is 11.6. The molecule has 1 heterocycles. The van der Waals surface area contributed by atoms with E-state index in [4.69, 9.17) is 5.11 Å². The van der Waals surface area contributed by atoms with E-state index in [1.165, 1.54) is 0 Å². The Hall–Kier alpha value is -1.81. The molecule has 2 rings (SSSR count). The number of fused-ring (bicyclic) bond motifs is 1. The quantitative estimate of drug-likeness (QED) is 0.822. The predicted molar refractivity (Wildman–Crippen MR) is 84.0 cm³/mol. The average Bonchev–Trinajstić information content (AvgIpc) is 2.82. The number of aliphatic hydroxyl groups is 1. The minimum absolute atomic E-state index is 0.152. The van der Waals surface area contributed by atoms with Crippen molar-refractivity contribution in [2.45, 2.75) is 46.1 Å². The van der Waals surface area contributed by atoms with Crippen LogP contribution in [0.5, 0.6) is 0 Å². The van der Waals surface area contributed by atoms with E-state index in [1.807, 2.05) is 11.5 Å². The second-order valence-corrected chi connectivity index (χ2v) is 5.37. The average molecular weight is 289 g/mol. The minimum atomic E-state index is -0.875. The Labute approximate surface area is 125 Å². The Morgan fingerprint density at radius 3 is 2.62 bits per heavy atom. The van der Waals surface area contributed by atoms with Crippen molar-refractivity contribution in [2.75, 3.05) is 6.61 Å². The highest BCUT2D eigenvalue weighted by Crippen LogP contribution is 2.28. The van der Waals surface area contributed by atoms with Crippen LogP contribution in [0.25, 0.3) is 10.9 Å². The number of carboxylic acid groups (broad SMARTS) is 1. The number of hydrogen-bond donors (Lipinski definition) is 2. The molecule has 0 unspecified atom stereocenters. The smallest absolute Gasteiger partial charge is 0.337 e. The molecule has 0 spiro atoms. The summed E-state index contributed by atoms with van der Waals surface area (Å²) in [6.45, 7) is 5.07. The maximum atomic E-state index is 11.6. The molecule has 21 heavy (non-hydrogen) atoms. The fourth-order valence-corrected chi connectivity index (χ4v) is 2.82. The molecular formula is C17H23NO3. The van der Waals surface area contributed by atoms with Crippen molar-refractivity contribution in [3.05, 3.63) is 35.0 Å². The van der Waals surface area contributed by atoms with Gasteiger partial charge in [0, 0.05) is 24.7 Å². The summed E-state index contributed by atoms with van der Waals surface area (Å²) in [7, 11) is 0. The number of aromatic nitrogens is 1. The lowest BCUT2D eigenvalue weighted by molar-refractivity contribution is 0.0698. The first-order valence-electron chi connectivity index (χ1n) is 7.61. The van der Waals surface area contributed by atoms with Gasteiger partial charge in [-0.1, -0.05) is 13.8 Å². The van der Waals surface area contributed by atoms with E-state index in [1.54, 1.807) is 6.07 Å². The van der Waals surface area contributed by atoms with E-state index in [-0.39, 0.29) is 6.61 Å². The topological polar surface area (TPSA) is 62.5 Å². The monoisotopic (exact) mass is 289 g/mol. The van der Waals surface area contributed by atoms with E-state index in [2.05, 4.69) is 19.2 Å². The third-order valence-electron chi connectivity index (χ3n) is 3.82. The third-order valence-corrected chi connectivity index (χ3v) is 3.82. The van der Waals surface area contributed by atoms with Crippen molar-refractivity contribution in [3.8, 4) is 0 Å². The zero-order chi connectivity index (χ0) is 15.4. The molecule has 2 aromatic rings. The van der Waals surface area contributed by atoms with Crippen LogP contribution in [0.2, 0.25) is 0 Å². The molecule has 4 heteroatoms. The number of rotatable bonds is 7. The van der Waals surface area contributed by atoms with Gasteiger partial charge in [-0.3, -0.25) is 0 Å². The predicted octanol–water partition coefficient (Wildman–Crippen LogP) is 3.24. The zero-order valence-corrected chi connectivity index (χ0v) is 12.7. The first kappa shape index (κ1) is 15.6. The van der Waals surface area contributed by atoms with Gasteiger partial charge in [-0.2, -0.15) is 0 Å². The second-order valence-electron chi connectivity index (χ2n) is 5.37. The van der Waals surface area contributed by atoms with E-state index < -0.39 is 5.97 Å². The van der Waals surface area contributed by atoms with E-state index in [9.17, 15) is 9.90 Å². The number of aryl methyl sites for hydroxylation is 3. The van der Waals surface area contributed by atoms with Crippen LogP contribution in [0.15, 0.2) is 18.3 Å². The van der Waals surface area contributed by atoms with E-state index in [0.29, 0.717) is 12.0 Å². The Bertz CT molecular complexity index is 643. The summed E-state index contributed by atoms with van der Waals surface area (Å²) in [6, 6.07) is 3.88. The minimum Gasteiger partial charge on any atom is -0.478 e. The zero-order valence-electron chi connectivity index (χ0n) is 12.7. The molecular weight excluding hydrogens is 266 g/mol. The Balaban J connectivity index is 2.69. The molecule has 0 bridgehead atoms. The summed E-state index contributed by atoms with van der Waals surface area (Å²) < 4.78 is 2.05. The van der Waals surface area contributed by atoms with Gasteiger partial charge < -0.3 is 14.8 Å².